The number of benzene rings is 1. The van der Waals surface area contributed by atoms with Crippen LogP contribution in [0.4, 0.5) is 4.39 Å². The Kier molecular flexibility index (Phi) is 2.48. The van der Waals surface area contributed by atoms with Gasteiger partial charge in [0.2, 0.25) is 0 Å². The molecule has 1 atom stereocenters. The summed E-state index contributed by atoms with van der Waals surface area (Å²) in [5, 5.41) is 9.00. The molecule has 1 aromatic carbocycles. The van der Waals surface area contributed by atoms with Gasteiger partial charge in [-0.25, -0.2) is 4.39 Å². The second kappa shape index (κ2) is 3.63. The lowest BCUT2D eigenvalue weighted by Gasteiger charge is -2.25. The molecular formula is C9H8ClFO3. The highest BCUT2D eigenvalue weighted by atomic mass is 35.5. The zero-order valence-electron chi connectivity index (χ0n) is 7.17. The molecule has 0 aromatic heterocycles. The Morgan fingerprint density at radius 1 is 1.57 bits per heavy atom. The Balaban J connectivity index is 2.37. The second-order valence-corrected chi connectivity index (χ2v) is 3.36. The predicted octanol–water partition coefficient (Wildman–Crippen LogP) is 1.61. The van der Waals surface area contributed by atoms with E-state index in [4.69, 9.17) is 26.2 Å². The Morgan fingerprint density at radius 2 is 2.36 bits per heavy atom. The van der Waals surface area contributed by atoms with Crippen molar-refractivity contribution in [3.63, 3.8) is 0 Å². The lowest BCUT2D eigenvalue weighted by molar-refractivity contribution is 0.0453. The Bertz CT molecular complexity index is 356. The molecule has 1 N–H and O–H groups in total. The van der Waals surface area contributed by atoms with Crippen LogP contribution in [0.25, 0.3) is 0 Å². The van der Waals surface area contributed by atoms with Gasteiger partial charge in [-0.1, -0.05) is 11.6 Å². The largest absolute Gasteiger partial charge is 0.484 e. The molecule has 0 saturated carbocycles. The van der Waals surface area contributed by atoms with Crippen LogP contribution in [0.2, 0.25) is 5.02 Å². The second-order valence-electron chi connectivity index (χ2n) is 2.95. The van der Waals surface area contributed by atoms with Crippen molar-refractivity contribution >= 4 is 11.6 Å². The van der Waals surface area contributed by atoms with Crippen LogP contribution in [-0.2, 0) is 0 Å². The molecule has 1 heterocycles. The Morgan fingerprint density at radius 3 is 3.07 bits per heavy atom. The average molecular weight is 219 g/mol. The van der Waals surface area contributed by atoms with Crippen LogP contribution in [-0.4, -0.2) is 24.4 Å². The van der Waals surface area contributed by atoms with Gasteiger partial charge in [0.15, 0.2) is 17.6 Å². The standard InChI is InChI=1S/C9H8ClFO3/c10-7-1-5(11)2-8-9(7)13-4-6(3-12)14-8/h1-2,6,12H,3-4H2/t6-/m0/s1. The third-order valence-electron chi connectivity index (χ3n) is 1.89. The highest BCUT2D eigenvalue weighted by Crippen LogP contribution is 2.38. The average Bonchev–Trinajstić information content (AvgIpc) is 2.16. The maximum absolute atomic E-state index is 12.9. The molecule has 0 spiro atoms. The van der Waals surface area contributed by atoms with Gasteiger partial charge in [0, 0.05) is 6.07 Å². The highest BCUT2D eigenvalue weighted by Gasteiger charge is 2.23. The van der Waals surface area contributed by atoms with Crippen molar-refractivity contribution in [2.75, 3.05) is 13.2 Å². The van der Waals surface area contributed by atoms with E-state index in [1.165, 1.54) is 6.07 Å². The van der Waals surface area contributed by atoms with Crippen LogP contribution in [0.3, 0.4) is 0 Å². The van der Waals surface area contributed by atoms with Gasteiger partial charge in [0.25, 0.3) is 0 Å². The number of halogens is 2. The smallest absolute Gasteiger partial charge is 0.180 e. The quantitative estimate of drug-likeness (QED) is 0.779. The molecule has 3 nitrogen and oxygen atoms in total. The fourth-order valence-corrected chi connectivity index (χ4v) is 1.50. The summed E-state index contributed by atoms with van der Waals surface area (Å²) in [6.45, 7) is 0.0441. The Hall–Kier alpha value is -1.00. The molecule has 0 amide bonds. The zero-order valence-corrected chi connectivity index (χ0v) is 7.92. The van der Waals surface area contributed by atoms with Crippen LogP contribution < -0.4 is 9.47 Å². The molecule has 0 radical (unpaired) electrons. The van der Waals surface area contributed by atoms with Gasteiger partial charge in [-0.05, 0) is 6.07 Å². The van der Waals surface area contributed by atoms with Crippen molar-refractivity contribution in [1.29, 1.82) is 0 Å². The molecule has 0 aliphatic carbocycles. The molecule has 14 heavy (non-hydrogen) atoms. The minimum Gasteiger partial charge on any atom is -0.484 e. The number of rotatable bonds is 1. The first kappa shape index (κ1) is 9.55. The summed E-state index contributed by atoms with van der Waals surface area (Å²) in [5.74, 6) is 0.0778. The number of hydrogen-bond acceptors (Lipinski definition) is 3. The molecule has 1 aromatic rings. The number of hydrogen-bond donors (Lipinski definition) is 1. The van der Waals surface area contributed by atoms with Gasteiger partial charge in [0.1, 0.15) is 12.4 Å². The van der Waals surface area contributed by atoms with Crippen LogP contribution in [0.15, 0.2) is 12.1 Å². The minimum atomic E-state index is -0.490. The SMILES string of the molecule is OC[C@H]1COc2c(Cl)cc(F)cc2O1. The highest BCUT2D eigenvalue weighted by molar-refractivity contribution is 6.32. The normalized spacial score (nSPS) is 19.5. The number of aliphatic hydroxyl groups is 1. The molecular weight excluding hydrogens is 211 g/mol. The van der Waals surface area contributed by atoms with Crippen molar-refractivity contribution in [2.24, 2.45) is 0 Å². The van der Waals surface area contributed by atoms with Gasteiger partial charge in [-0.3, -0.25) is 0 Å². The zero-order chi connectivity index (χ0) is 10.1. The Labute approximate surface area is 85.0 Å². The van der Waals surface area contributed by atoms with Gasteiger partial charge < -0.3 is 14.6 Å². The summed E-state index contributed by atoms with van der Waals surface area (Å²) < 4.78 is 23.4. The lowest BCUT2D eigenvalue weighted by atomic mass is 10.2. The molecule has 76 valence electrons. The van der Waals surface area contributed by atoms with Gasteiger partial charge in [0.05, 0.1) is 11.6 Å². The third-order valence-corrected chi connectivity index (χ3v) is 2.17. The third kappa shape index (κ3) is 1.63. The first-order chi connectivity index (χ1) is 6.70. The summed E-state index contributed by atoms with van der Waals surface area (Å²) in [7, 11) is 0. The minimum absolute atomic E-state index is 0.173. The summed E-state index contributed by atoms with van der Waals surface area (Å²) in [5.41, 5.74) is 0. The molecule has 1 aliphatic heterocycles. The molecule has 0 fully saturated rings. The number of aliphatic hydroxyl groups excluding tert-OH is 1. The van der Waals surface area contributed by atoms with Gasteiger partial charge in [-0.2, -0.15) is 0 Å². The van der Waals surface area contributed by atoms with Crippen LogP contribution >= 0.6 is 11.6 Å². The molecule has 0 unspecified atom stereocenters. The van der Waals surface area contributed by atoms with E-state index in [1.807, 2.05) is 0 Å². The van der Waals surface area contributed by atoms with Gasteiger partial charge in [-0.15, -0.1) is 0 Å². The van der Waals surface area contributed by atoms with Crippen LogP contribution in [0, 0.1) is 5.82 Å². The number of ether oxygens (including phenoxy) is 2. The fourth-order valence-electron chi connectivity index (χ4n) is 1.24. The fraction of sp³-hybridized carbons (Fsp3) is 0.333. The van der Waals surface area contributed by atoms with Crippen LogP contribution in [0.1, 0.15) is 0 Å². The number of fused-ring (bicyclic) bond motifs is 1. The van der Waals surface area contributed by atoms with Crippen molar-refractivity contribution in [3.8, 4) is 11.5 Å². The summed E-state index contributed by atoms with van der Waals surface area (Å²) in [4.78, 5) is 0. The van der Waals surface area contributed by atoms with E-state index in [0.717, 1.165) is 6.07 Å². The van der Waals surface area contributed by atoms with Gasteiger partial charge >= 0.3 is 0 Å². The summed E-state index contributed by atoms with van der Waals surface area (Å²) >= 11 is 5.73. The van der Waals surface area contributed by atoms with E-state index in [9.17, 15) is 4.39 Å². The van der Waals surface area contributed by atoms with E-state index in [0.29, 0.717) is 5.75 Å². The first-order valence-electron chi connectivity index (χ1n) is 4.10. The topological polar surface area (TPSA) is 38.7 Å². The monoisotopic (exact) mass is 218 g/mol. The first-order valence-corrected chi connectivity index (χ1v) is 4.48. The molecule has 0 bridgehead atoms. The van der Waals surface area contributed by atoms with Crippen molar-refractivity contribution in [3.05, 3.63) is 23.0 Å². The maximum atomic E-state index is 12.9. The molecule has 1 aliphatic rings. The van der Waals surface area contributed by atoms with Crippen molar-refractivity contribution in [1.82, 2.24) is 0 Å². The summed E-state index contributed by atoms with van der Waals surface area (Å²) in [6, 6.07) is 2.34. The lowest BCUT2D eigenvalue weighted by Crippen LogP contribution is -2.32. The van der Waals surface area contributed by atoms with E-state index in [1.54, 1.807) is 0 Å². The predicted molar refractivity (Wildman–Crippen MR) is 48.4 cm³/mol. The molecule has 5 heteroatoms. The maximum Gasteiger partial charge on any atom is 0.180 e. The van der Waals surface area contributed by atoms with Crippen LogP contribution in [0.5, 0.6) is 11.5 Å². The summed E-state index contributed by atoms with van der Waals surface area (Å²) in [6.07, 6.45) is -0.458. The van der Waals surface area contributed by atoms with Crippen molar-refractivity contribution < 1.29 is 19.0 Å². The van der Waals surface area contributed by atoms with E-state index >= 15 is 0 Å². The van der Waals surface area contributed by atoms with E-state index in [-0.39, 0.29) is 24.0 Å². The van der Waals surface area contributed by atoms with E-state index < -0.39 is 11.9 Å². The molecule has 2 rings (SSSR count). The van der Waals surface area contributed by atoms with E-state index in [2.05, 4.69) is 0 Å². The molecule has 0 saturated heterocycles. The van der Waals surface area contributed by atoms with Crippen molar-refractivity contribution in [2.45, 2.75) is 6.10 Å².